The molecule has 0 atom stereocenters. The molecule has 2 nitrogen and oxygen atoms in total. The molecule has 0 aliphatic heterocycles. The second-order valence-electron chi connectivity index (χ2n) is 2.85. The molecule has 0 saturated heterocycles. The van der Waals surface area contributed by atoms with E-state index in [4.69, 9.17) is 33.7 Å². The first-order valence-corrected chi connectivity index (χ1v) is 6.50. The van der Waals surface area contributed by atoms with E-state index in [1.165, 1.54) is 0 Å². The number of hydrogen-bond donors (Lipinski definition) is 1. The molecule has 84 valence electrons. The maximum absolute atomic E-state index is 5.83. The Balaban J connectivity index is 2.31. The van der Waals surface area contributed by atoms with Crippen LogP contribution in [-0.2, 0) is 0 Å². The molecule has 0 radical (unpaired) electrons. The van der Waals surface area contributed by atoms with Gasteiger partial charge in [0.15, 0.2) is 0 Å². The highest BCUT2D eigenvalue weighted by molar-refractivity contribution is 7.99. The quantitative estimate of drug-likeness (QED) is 0.804. The Morgan fingerprint density at radius 3 is 2.40 bits per heavy atom. The number of thioether (sulfide) groups is 1. The topological polar surface area (TPSA) is 35.2 Å². The van der Waals surface area contributed by atoms with Gasteiger partial charge in [0, 0.05) is 28.1 Å². The SMILES string of the molecule is NCCSCCOc1cc(Cl)cc(Cl)c1. The van der Waals surface area contributed by atoms with E-state index in [-0.39, 0.29) is 0 Å². The molecule has 0 unspecified atom stereocenters. The van der Waals surface area contributed by atoms with E-state index in [9.17, 15) is 0 Å². The van der Waals surface area contributed by atoms with Gasteiger partial charge in [-0.15, -0.1) is 0 Å². The van der Waals surface area contributed by atoms with Crippen LogP contribution in [0.1, 0.15) is 0 Å². The van der Waals surface area contributed by atoms with Crippen LogP contribution in [0.5, 0.6) is 5.75 Å². The van der Waals surface area contributed by atoms with Crippen LogP contribution in [0.25, 0.3) is 0 Å². The molecule has 0 spiro atoms. The lowest BCUT2D eigenvalue weighted by molar-refractivity contribution is 0.344. The zero-order chi connectivity index (χ0) is 11.1. The third kappa shape index (κ3) is 5.52. The summed E-state index contributed by atoms with van der Waals surface area (Å²) in [6.07, 6.45) is 0. The monoisotopic (exact) mass is 265 g/mol. The number of hydrogen-bond acceptors (Lipinski definition) is 3. The van der Waals surface area contributed by atoms with Crippen LogP contribution in [0.4, 0.5) is 0 Å². The highest BCUT2D eigenvalue weighted by Crippen LogP contribution is 2.24. The summed E-state index contributed by atoms with van der Waals surface area (Å²) >= 11 is 13.4. The maximum Gasteiger partial charge on any atom is 0.122 e. The fraction of sp³-hybridized carbons (Fsp3) is 0.400. The average Bonchev–Trinajstić information content (AvgIpc) is 2.16. The van der Waals surface area contributed by atoms with Crippen molar-refractivity contribution in [1.82, 2.24) is 0 Å². The minimum atomic E-state index is 0.590. The molecule has 0 heterocycles. The summed E-state index contributed by atoms with van der Waals surface area (Å²) in [6.45, 7) is 1.34. The zero-order valence-electron chi connectivity index (χ0n) is 8.21. The van der Waals surface area contributed by atoms with Gasteiger partial charge in [-0.25, -0.2) is 0 Å². The highest BCUT2D eigenvalue weighted by Gasteiger charge is 1.98. The van der Waals surface area contributed by atoms with Crippen LogP contribution in [0.15, 0.2) is 18.2 Å². The van der Waals surface area contributed by atoms with E-state index < -0.39 is 0 Å². The minimum Gasteiger partial charge on any atom is -0.493 e. The fourth-order valence-corrected chi connectivity index (χ4v) is 2.09. The van der Waals surface area contributed by atoms with Gasteiger partial charge in [0.05, 0.1) is 6.61 Å². The third-order valence-corrected chi connectivity index (χ3v) is 3.01. The third-order valence-electron chi connectivity index (χ3n) is 1.59. The lowest BCUT2D eigenvalue weighted by Crippen LogP contribution is -2.05. The van der Waals surface area contributed by atoms with Crippen LogP contribution < -0.4 is 10.5 Å². The molecular formula is C10H13Cl2NOS. The normalized spacial score (nSPS) is 10.3. The number of ether oxygens (including phenoxy) is 1. The van der Waals surface area contributed by atoms with Gasteiger partial charge >= 0.3 is 0 Å². The summed E-state index contributed by atoms with van der Waals surface area (Å²) in [5.41, 5.74) is 5.37. The number of benzene rings is 1. The van der Waals surface area contributed by atoms with Gasteiger partial charge in [-0.05, 0) is 18.2 Å². The molecular weight excluding hydrogens is 253 g/mol. The molecule has 0 aliphatic carbocycles. The van der Waals surface area contributed by atoms with Gasteiger partial charge in [-0.1, -0.05) is 23.2 Å². The van der Waals surface area contributed by atoms with E-state index in [1.807, 2.05) is 0 Å². The molecule has 0 fully saturated rings. The fourth-order valence-electron chi connectivity index (χ4n) is 1.02. The van der Waals surface area contributed by atoms with Crippen molar-refractivity contribution >= 4 is 35.0 Å². The predicted octanol–water partition coefficient (Wildman–Crippen LogP) is 3.06. The van der Waals surface area contributed by atoms with Crippen molar-refractivity contribution in [1.29, 1.82) is 0 Å². The van der Waals surface area contributed by atoms with Gasteiger partial charge in [0.25, 0.3) is 0 Å². The lowest BCUT2D eigenvalue weighted by Gasteiger charge is -2.06. The van der Waals surface area contributed by atoms with Crippen molar-refractivity contribution in [3.05, 3.63) is 28.2 Å². The zero-order valence-corrected chi connectivity index (χ0v) is 10.5. The highest BCUT2D eigenvalue weighted by atomic mass is 35.5. The number of rotatable bonds is 6. The van der Waals surface area contributed by atoms with Gasteiger partial charge in [-0.2, -0.15) is 11.8 Å². The van der Waals surface area contributed by atoms with Gasteiger partial charge in [-0.3, -0.25) is 0 Å². The molecule has 15 heavy (non-hydrogen) atoms. The molecule has 0 aliphatic rings. The van der Waals surface area contributed by atoms with Gasteiger partial charge in [0.2, 0.25) is 0 Å². The van der Waals surface area contributed by atoms with Crippen molar-refractivity contribution in [3.8, 4) is 5.75 Å². The molecule has 0 saturated carbocycles. The largest absolute Gasteiger partial charge is 0.493 e. The van der Waals surface area contributed by atoms with Gasteiger partial charge in [0.1, 0.15) is 5.75 Å². The van der Waals surface area contributed by atoms with Crippen LogP contribution in [0, 0.1) is 0 Å². The van der Waals surface area contributed by atoms with Crippen molar-refractivity contribution in [2.75, 3.05) is 24.7 Å². The molecule has 1 aromatic carbocycles. The number of nitrogens with two attached hydrogens (primary N) is 1. The summed E-state index contributed by atoms with van der Waals surface area (Å²) in [4.78, 5) is 0. The summed E-state index contributed by atoms with van der Waals surface area (Å²) in [5, 5.41) is 1.18. The molecule has 1 rings (SSSR count). The van der Waals surface area contributed by atoms with E-state index in [0.29, 0.717) is 28.9 Å². The van der Waals surface area contributed by atoms with Crippen molar-refractivity contribution in [3.63, 3.8) is 0 Å². The summed E-state index contributed by atoms with van der Waals surface area (Å²) in [5.74, 6) is 2.59. The standard InChI is InChI=1S/C10H13Cl2NOS/c11-8-5-9(12)7-10(6-8)14-2-4-15-3-1-13/h5-7H,1-4,13H2. The Kier molecular flexibility index (Phi) is 6.25. The Morgan fingerprint density at radius 1 is 1.13 bits per heavy atom. The van der Waals surface area contributed by atoms with Crippen molar-refractivity contribution in [2.45, 2.75) is 0 Å². The predicted molar refractivity (Wildman–Crippen MR) is 68.3 cm³/mol. The number of halogens is 2. The minimum absolute atomic E-state index is 0.590. The van der Waals surface area contributed by atoms with E-state index in [2.05, 4.69) is 0 Å². The van der Waals surface area contributed by atoms with Crippen molar-refractivity contribution in [2.24, 2.45) is 5.73 Å². The first-order valence-electron chi connectivity index (χ1n) is 4.59. The molecule has 1 aromatic rings. The summed E-state index contributed by atoms with van der Waals surface area (Å²) < 4.78 is 5.48. The Labute approximate surface area is 104 Å². The summed E-state index contributed by atoms with van der Waals surface area (Å²) in [7, 11) is 0. The average molecular weight is 266 g/mol. The second-order valence-corrected chi connectivity index (χ2v) is 4.95. The Bertz CT molecular complexity index is 289. The van der Waals surface area contributed by atoms with Crippen LogP contribution in [0.2, 0.25) is 10.0 Å². The Morgan fingerprint density at radius 2 is 1.80 bits per heavy atom. The second kappa shape index (κ2) is 7.23. The van der Waals surface area contributed by atoms with Crippen LogP contribution in [0.3, 0.4) is 0 Å². The smallest absolute Gasteiger partial charge is 0.122 e. The van der Waals surface area contributed by atoms with Crippen molar-refractivity contribution < 1.29 is 4.74 Å². The molecule has 0 bridgehead atoms. The Hall–Kier alpha value is -0.0900. The molecule has 2 N–H and O–H groups in total. The maximum atomic E-state index is 5.83. The molecule has 0 aromatic heterocycles. The van der Waals surface area contributed by atoms with Crippen LogP contribution >= 0.6 is 35.0 Å². The molecule has 5 heteroatoms. The molecule has 0 amide bonds. The van der Waals surface area contributed by atoms with Crippen LogP contribution in [-0.4, -0.2) is 24.7 Å². The van der Waals surface area contributed by atoms with E-state index in [0.717, 1.165) is 11.5 Å². The van der Waals surface area contributed by atoms with E-state index in [1.54, 1.807) is 30.0 Å². The van der Waals surface area contributed by atoms with Gasteiger partial charge < -0.3 is 10.5 Å². The summed E-state index contributed by atoms with van der Waals surface area (Å²) in [6, 6.07) is 5.18. The first-order chi connectivity index (χ1) is 7.22. The lowest BCUT2D eigenvalue weighted by atomic mass is 10.3. The van der Waals surface area contributed by atoms with E-state index >= 15 is 0 Å². The first kappa shape index (κ1) is 13.0.